The van der Waals surface area contributed by atoms with Gasteiger partial charge in [0, 0.05) is 24.2 Å². The first-order valence-corrected chi connectivity index (χ1v) is 4.90. The predicted octanol–water partition coefficient (Wildman–Crippen LogP) is 1.68. The van der Waals surface area contributed by atoms with E-state index in [9.17, 15) is 4.79 Å². The lowest BCUT2D eigenvalue weighted by atomic mass is 10.1. The van der Waals surface area contributed by atoms with Crippen molar-refractivity contribution in [3.05, 3.63) is 45.2 Å². The molecule has 0 saturated carbocycles. The molecule has 3 nitrogen and oxygen atoms in total. The molecule has 0 aliphatic carbocycles. The second kappa shape index (κ2) is 3.68. The molecule has 0 amide bonds. The Morgan fingerprint density at radius 3 is 2.87 bits per heavy atom. The highest BCUT2D eigenvalue weighted by atomic mass is 35.5. The highest BCUT2D eigenvalue weighted by Gasteiger charge is 2.08. The van der Waals surface area contributed by atoms with Crippen LogP contribution in [0.1, 0.15) is 5.56 Å². The summed E-state index contributed by atoms with van der Waals surface area (Å²) in [6, 6.07) is 5.18. The number of benzene rings is 1. The summed E-state index contributed by atoms with van der Waals surface area (Å²) in [7, 11) is 1.80. The standard InChI is InChI=1S/C11H10ClNO2/c1-13-5-7(6-14)11(15)8-3-2-4-9(12)10(8)13/h2-5,14H,6H2,1H3. The van der Waals surface area contributed by atoms with E-state index in [1.54, 1.807) is 36.0 Å². The predicted molar refractivity (Wildman–Crippen MR) is 60.1 cm³/mol. The molecule has 0 aliphatic rings. The second-order valence-electron chi connectivity index (χ2n) is 3.39. The van der Waals surface area contributed by atoms with Gasteiger partial charge in [-0.15, -0.1) is 0 Å². The summed E-state index contributed by atoms with van der Waals surface area (Å²) in [5, 5.41) is 10.1. The van der Waals surface area contributed by atoms with Crippen molar-refractivity contribution in [3.63, 3.8) is 0 Å². The van der Waals surface area contributed by atoms with Crippen LogP contribution in [0.4, 0.5) is 0 Å². The third-order valence-electron chi connectivity index (χ3n) is 2.40. The van der Waals surface area contributed by atoms with E-state index >= 15 is 0 Å². The first-order chi connectivity index (χ1) is 7.15. The molecule has 2 rings (SSSR count). The molecule has 0 radical (unpaired) electrons. The van der Waals surface area contributed by atoms with Crippen LogP contribution >= 0.6 is 11.6 Å². The van der Waals surface area contributed by atoms with Crippen molar-refractivity contribution in [3.8, 4) is 0 Å². The Labute approximate surface area is 91.5 Å². The number of pyridine rings is 1. The van der Waals surface area contributed by atoms with Gasteiger partial charge in [0.15, 0.2) is 5.43 Å². The average molecular weight is 224 g/mol. The summed E-state index contributed by atoms with van der Waals surface area (Å²) < 4.78 is 1.75. The summed E-state index contributed by atoms with van der Waals surface area (Å²) in [5.41, 5.74) is 0.918. The Hall–Kier alpha value is -1.32. The van der Waals surface area contributed by atoms with E-state index in [2.05, 4.69) is 0 Å². The van der Waals surface area contributed by atoms with Crippen LogP contribution in [0.5, 0.6) is 0 Å². The number of nitrogens with zero attached hydrogens (tertiary/aromatic N) is 1. The van der Waals surface area contributed by atoms with Crippen LogP contribution in [0.3, 0.4) is 0 Å². The Balaban J connectivity index is 3.00. The van der Waals surface area contributed by atoms with Gasteiger partial charge in [-0.2, -0.15) is 0 Å². The van der Waals surface area contributed by atoms with Crippen LogP contribution in [0.25, 0.3) is 10.9 Å². The van der Waals surface area contributed by atoms with E-state index in [-0.39, 0.29) is 12.0 Å². The zero-order valence-electron chi connectivity index (χ0n) is 8.20. The minimum Gasteiger partial charge on any atom is -0.391 e. The number of hydrogen-bond donors (Lipinski definition) is 1. The molecular weight excluding hydrogens is 214 g/mol. The van der Waals surface area contributed by atoms with Gasteiger partial charge in [-0.3, -0.25) is 4.79 Å². The largest absolute Gasteiger partial charge is 0.391 e. The van der Waals surface area contributed by atoms with Crippen LogP contribution < -0.4 is 5.43 Å². The maximum Gasteiger partial charge on any atom is 0.194 e. The molecule has 1 aromatic heterocycles. The Bertz CT molecular complexity index is 575. The van der Waals surface area contributed by atoms with Crippen LogP contribution in [0.2, 0.25) is 5.02 Å². The number of para-hydroxylation sites is 1. The molecule has 0 fully saturated rings. The average Bonchev–Trinajstić information content (AvgIpc) is 2.23. The van der Waals surface area contributed by atoms with E-state index in [1.165, 1.54) is 0 Å². The van der Waals surface area contributed by atoms with E-state index < -0.39 is 0 Å². The highest BCUT2D eigenvalue weighted by molar-refractivity contribution is 6.35. The third-order valence-corrected chi connectivity index (χ3v) is 2.70. The van der Waals surface area contributed by atoms with Crippen molar-refractivity contribution in [2.75, 3.05) is 0 Å². The van der Waals surface area contributed by atoms with Gasteiger partial charge in [0.25, 0.3) is 0 Å². The highest BCUT2D eigenvalue weighted by Crippen LogP contribution is 2.20. The number of rotatable bonds is 1. The fourth-order valence-corrected chi connectivity index (χ4v) is 2.01. The summed E-state index contributed by atoms with van der Waals surface area (Å²) in [6.45, 7) is -0.255. The van der Waals surface area contributed by atoms with Crippen LogP contribution in [0.15, 0.2) is 29.2 Å². The summed E-state index contributed by atoms with van der Waals surface area (Å²) in [4.78, 5) is 11.8. The third kappa shape index (κ3) is 1.54. The molecule has 0 unspecified atom stereocenters. The smallest absolute Gasteiger partial charge is 0.194 e. The van der Waals surface area contributed by atoms with Gasteiger partial charge in [0.1, 0.15) is 0 Å². The number of hydrogen-bond acceptors (Lipinski definition) is 2. The van der Waals surface area contributed by atoms with Crippen molar-refractivity contribution in [2.24, 2.45) is 7.05 Å². The quantitative estimate of drug-likeness (QED) is 0.800. The Morgan fingerprint density at radius 2 is 2.20 bits per heavy atom. The number of halogens is 1. The van der Waals surface area contributed by atoms with Gasteiger partial charge in [-0.25, -0.2) is 0 Å². The van der Waals surface area contributed by atoms with E-state index in [0.717, 1.165) is 0 Å². The number of aliphatic hydroxyl groups is 1. The molecule has 0 atom stereocenters. The van der Waals surface area contributed by atoms with Crippen LogP contribution in [-0.4, -0.2) is 9.67 Å². The summed E-state index contributed by atoms with van der Waals surface area (Å²) in [5.74, 6) is 0. The molecule has 1 heterocycles. The molecule has 0 aliphatic heterocycles. The molecule has 78 valence electrons. The van der Waals surface area contributed by atoms with Gasteiger partial charge in [0.05, 0.1) is 17.1 Å². The zero-order chi connectivity index (χ0) is 11.0. The van der Waals surface area contributed by atoms with E-state index in [1.807, 2.05) is 0 Å². The van der Waals surface area contributed by atoms with E-state index in [0.29, 0.717) is 21.5 Å². The molecule has 15 heavy (non-hydrogen) atoms. The van der Waals surface area contributed by atoms with Gasteiger partial charge in [-0.05, 0) is 12.1 Å². The molecular formula is C11H10ClNO2. The maximum atomic E-state index is 11.8. The van der Waals surface area contributed by atoms with Crippen molar-refractivity contribution >= 4 is 22.5 Å². The molecule has 4 heteroatoms. The van der Waals surface area contributed by atoms with E-state index in [4.69, 9.17) is 16.7 Å². The summed E-state index contributed by atoms with van der Waals surface area (Å²) in [6.07, 6.45) is 1.61. The van der Waals surface area contributed by atoms with Gasteiger partial charge < -0.3 is 9.67 Å². The maximum absolute atomic E-state index is 11.8. The molecule has 0 spiro atoms. The van der Waals surface area contributed by atoms with Crippen molar-refractivity contribution < 1.29 is 5.11 Å². The topological polar surface area (TPSA) is 42.2 Å². The normalized spacial score (nSPS) is 10.9. The van der Waals surface area contributed by atoms with Gasteiger partial charge >= 0.3 is 0 Å². The summed E-state index contributed by atoms with van der Waals surface area (Å²) >= 11 is 6.01. The lowest BCUT2D eigenvalue weighted by Gasteiger charge is -2.08. The molecule has 0 bridgehead atoms. The SMILES string of the molecule is Cn1cc(CO)c(=O)c2cccc(Cl)c21. The number of aliphatic hydroxyl groups excluding tert-OH is 1. The Morgan fingerprint density at radius 1 is 1.47 bits per heavy atom. The lowest BCUT2D eigenvalue weighted by Crippen LogP contribution is -2.13. The van der Waals surface area contributed by atoms with Crippen molar-refractivity contribution in [1.29, 1.82) is 0 Å². The molecule has 1 aromatic carbocycles. The lowest BCUT2D eigenvalue weighted by molar-refractivity contribution is 0.280. The Kier molecular flexibility index (Phi) is 2.50. The zero-order valence-corrected chi connectivity index (χ0v) is 8.95. The number of fused-ring (bicyclic) bond motifs is 1. The molecule has 2 aromatic rings. The van der Waals surface area contributed by atoms with Gasteiger partial charge in [-0.1, -0.05) is 17.7 Å². The van der Waals surface area contributed by atoms with Crippen molar-refractivity contribution in [2.45, 2.75) is 6.61 Å². The molecule has 0 saturated heterocycles. The fraction of sp³-hybridized carbons (Fsp3) is 0.182. The second-order valence-corrected chi connectivity index (χ2v) is 3.80. The minimum absolute atomic E-state index is 0.159. The van der Waals surface area contributed by atoms with Crippen LogP contribution in [0, 0.1) is 0 Å². The minimum atomic E-state index is -0.255. The fourth-order valence-electron chi connectivity index (χ4n) is 1.70. The van der Waals surface area contributed by atoms with Crippen LogP contribution in [-0.2, 0) is 13.7 Å². The van der Waals surface area contributed by atoms with Crippen molar-refractivity contribution in [1.82, 2.24) is 4.57 Å². The molecule has 1 N–H and O–H groups in total. The first kappa shape index (κ1) is 10.2. The number of aryl methyl sites for hydroxylation is 1. The number of aromatic nitrogens is 1. The monoisotopic (exact) mass is 223 g/mol. The first-order valence-electron chi connectivity index (χ1n) is 4.52. The van der Waals surface area contributed by atoms with Gasteiger partial charge in [0.2, 0.25) is 0 Å².